The molecule has 0 aliphatic carbocycles. The quantitative estimate of drug-likeness (QED) is 0.109. The fraction of sp³-hybridized carbons (Fsp3) is 1.00. The van der Waals surface area contributed by atoms with Crippen molar-refractivity contribution in [3.63, 3.8) is 0 Å². The van der Waals surface area contributed by atoms with Crippen LogP contribution < -0.4 is 0 Å². The summed E-state index contributed by atoms with van der Waals surface area (Å²) in [6.07, 6.45) is 23.6. The van der Waals surface area contributed by atoms with Crippen LogP contribution in [0.2, 0.25) is 0 Å². The van der Waals surface area contributed by atoms with Gasteiger partial charge in [-0.25, -0.2) is 8.42 Å². The molecule has 0 aromatic rings. The van der Waals surface area contributed by atoms with Gasteiger partial charge in [0.15, 0.2) is 0 Å². The molecule has 0 aromatic carbocycles. The van der Waals surface area contributed by atoms with Gasteiger partial charge in [-0.2, -0.15) is 0 Å². The van der Waals surface area contributed by atoms with Gasteiger partial charge in [0, 0.05) is 5.75 Å². The smallest absolute Gasteiger partial charge is 0.0945 e. The molecule has 0 amide bonds. The summed E-state index contributed by atoms with van der Waals surface area (Å²) in [7, 11) is 0.367. The Morgan fingerprint density at radius 3 is 1.21 bits per heavy atom. The summed E-state index contributed by atoms with van der Waals surface area (Å²) < 4.78 is 32.8. The lowest BCUT2D eigenvalue weighted by atomic mass is 10.0. The summed E-state index contributed by atoms with van der Waals surface area (Å²) in [4.78, 5) is 0. The third-order valence-corrected chi connectivity index (χ3v) is 6.81. The molecule has 176 valence electrons. The molecule has 0 bridgehead atoms. The fourth-order valence-electron chi connectivity index (χ4n) is 4.02. The lowest BCUT2D eigenvalue weighted by molar-refractivity contribution is -0.890. The predicted molar refractivity (Wildman–Crippen MR) is 125 cm³/mol. The predicted octanol–water partition coefficient (Wildman–Crippen LogP) is 6.65. The number of nitrogens with zero attached hydrogens (tertiary/aromatic N) is 1. The van der Waals surface area contributed by atoms with E-state index in [9.17, 15) is 13.0 Å². The maximum atomic E-state index is 10.6. The van der Waals surface area contributed by atoms with Gasteiger partial charge in [-0.3, -0.25) is 0 Å². The first-order chi connectivity index (χ1) is 13.8. The van der Waals surface area contributed by atoms with Crippen molar-refractivity contribution < 1.29 is 17.5 Å². The van der Waals surface area contributed by atoms with E-state index >= 15 is 0 Å². The highest BCUT2D eigenvalue weighted by Gasteiger charge is 2.13. The Labute approximate surface area is 183 Å². The van der Waals surface area contributed by atoms with Crippen LogP contribution in [-0.2, 0) is 10.1 Å². The molecule has 0 heterocycles. The fourth-order valence-corrected chi connectivity index (χ4v) is 4.58. The molecule has 0 aromatic heterocycles. The number of rotatable bonds is 22. The minimum atomic E-state index is -4.04. The lowest BCUT2D eigenvalue weighted by Crippen LogP contribution is -2.41. The van der Waals surface area contributed by atoms with Gasteiger partial charge >= 0.3 is 0 Å². The first kappa shape index (κ1) is 28.9. The minimum absolute atomic E-state index is 0.216. The Kier molecular flexibility index (Phi) is 18.5. The lowest BCUT2D eigenvalue weighted by Gasteiger charge is -2.30. The summed E-state index contributed by atoms with van der Waals surface area (Å²) in [6.45, 7) is 4.37. The van der Waals surface area contributed by atoms with E-state index in [0.29, 0.717) is 6.42 Å². The van der Waals surface area contributed by atoms with Crippen molar-refractivity contribution in [1.82, 2.24) is 0 Å². The maximum Gasteiger partial charge on any atom is 0.0945 e. The molecule has 29 heavy (non-hydrogen) atoms. The Bertz CT molecular complexity index is 449. The second-order valence-corrected chi connectivity index (χ2v) is 11.2. The van der Waals surface area contributed by atoms with Crippen LogP contribution in [0.4, 0.5) is 0 Å². The van der Waals surface area contributed by atoms with E-state index in [1.54, 1.807) is 0 Å². The van der Waals surface area contributed by atoms with Gasteiger partial charge < -0.3 is 9.04 Å². The molecule has 0 aliphatic rings. The number of hydrogen-bond donors (Lipinski definition) is 0. The average Bonchev–Trinajstić information content (AvgIpc) is 2.64. The van der Waals surface area contributed by atoms with Crippen LogP contribution >= 0.6 is 0 Å². The van der Waals surface area contributed by atoms with E-state index in [-0.39, 0.29) is 5.75 Å². The van der Waals surface area contributed by atoms with Crippen LogP contribution in [0.15, 0.2) is 0 Å². The molecule has 0 fully saturated rings. The molecule has 4 nitrogen and oxygen atoms in total. The molecule has 0 N–H and O–H groups in total. The summed E-state index contributed by atoms with van der Waals surface area (Å²) in [5.74, 6) is -0.216. The van der Waals surface area contributed by atoms with Gasteiger partial charge in [0.2, 0.25) is 0 Å². The monoisotopic (exact) mass is 433 g/mol. The van der Waals surface area contributed by atoms with Crippen molar-refractivity contribution in [2.75, 3.05) is 32.9 Å². The third-order valence-electron chi connectivity index (χ3n) is 6.02. The highest BCUT2D eigenvalue weighted by molar-refractivity contribution is 7.85. The zero-order valence-electron chi connectivity index (χ0n) is 19.9. The maximum absolute atomic E-state index is 10.6. The van der Waals surface area contributed by atoms with E-state index < -0.39 is 10.1 Å². The number of unbranched alkanes of at least 4 members (excludes halogenated alkanes) is 16. The van der Waals surface area contributed by atoms with Gasteiger partial charge in [0.25, 0.3) is 0 Å². The second kappa shape index (κ2) is 18.6. The average molecular weight is 434 g/mol. The van der Waals surface area contributed by atoms with Crippen LogP contribution in [0, 0.1) is 0 Å². The normalized spacial score (nSPS) is 12.6. The van der Waals surface area contributed by atoms with Crippen molar-refractivity contribution in [2.24, 2.45) is 0 Å². The summed E-state index contributed by atoms with van der Waals surface area (Å²) in [6, 6.07) is 0. The van der Waals surface area contributed by atoms with Gasteiger partial charge in [-0.1, -0.05) is 96.8 Å². The number of quaternary nitrogens is 1. The summed E-state index contributed by atoms with van der Waals surface area (Å²) in [5, 5.41) is 0. The van der Waals surface area contributed by atoms with E-state index in [2.05, 4.69) is 21.0 Å². The van der Waals surface area contributed by atoms with E-state index in [1.165, 1.54) is 103 Å². The molecule has 0 spiro atoms. The molecule has 0 rings (SSSR count). The molecular weight excluding hydrogens is 382 g/mol. The molecule has 0 radical (unpaired) electrons. The Hall–Kier alpha value is -0.130. The SMILES string of the molecule is CCCCCCCCCCCCCCCCCC[N+](C)(C)CCCCS(=O)(=O)[O-]. The standard InChI is InChI=1S/C24H51NO3S/c1-4-5-6-7-8-9-10-11-12-13-14-15-16-17-18-19-22-25(2,3)23-20-21-24-29(26,27)28/h4-24H2,1-3H3. The molecule has 0 saturated heterocycles. The molecule has 0 aliphatic heterocycles. The molecule has 5 heteroatoms. The zero-order valence-corrected chi connectivity index (χ0v) is 20.7. The topological polar surface area (TPSA) is 57.2 Å². The van der Waals surface area contributed by atoms with Gasteiger partial charge in [-0.15, -0.1) is 0 Å². The molecule has 0 unspecified atom stereocenters. The van der Waals surface area contributed by atoms with E-state index in [1.807, 2.05) is 0 Å². The van der Waals surface area contributed by atoms with Crippen molar-refractivity contribution in [2.45, 2.75) is 122 Å². The van der Waals surface area contributed by atoms with Gasteiger partial charge in [0.05, 0.1) is 37.3 Å². The van der Waals surface area contributed by atoms with Crippen LogP contribution in [0.5, 0.6) is 0 Å². The van der Waals surface area contributed by atoms with Crippen molar-refractivity contribution >= 4 is 10.1 Å². The minimum Gasteiger partial charge on any atom is -0.748 e. The molecule has 0 atom stereocenters. The molecular formula is C24H51NO3S. The van der Waals surface area contributed by atoms with Crippen LogP contribution in [-0.4, -0.2) is 50.4 Å². The third kappa shape index (κ3) is 24.0. The first-order valence-corrected chi connectivity index (χ1v) is 14.1. The summed E-state index contributed by atoms with van der Waals surface area (Å²) >= 11 is 0. The van der Waals surface area contributed by atoms with Gasteiger partial charge in [-0.05, 0) is 25.7 Å². The Balaban J connectivity index is 3.31. The van der Waals surface area contributed by atoms with Crippen LogP contribution in [0.3, 0.4) is 0 Å². The van der Waals surface area contributed by atoms with E-state index in [0.717, 1.165) is 24.0 Å². The number of hydrogen-bond acceptors (Lipinski definition) is 3. The Morgan fingerprint density at radius 1 is 0.552 bits per heavy atom. The highest BCUT2D eigenvalue weighted by Crippen LogP contribution is 2.14. The zero-order chi connectivity index (χ0) is 21.8. The van der Waals surface area contributed by atoms with E-state index in [4.69, 9.17) is 0 Å². The Morgan fingerprint density at radius 2 is 0.862 bits per heavy atom. The van der Waals surface area contributed by atoms with Gasteiger partial charge in [0.1, 0.15) is 0 Å². The first-order valence-electron chi connectivity index (χ1n) is 12.5. The second-order valence-electron chi connectivity index (χ2n) is 9.66. The molecule has 0 saturated carbocycles. The highest BCUT2D eigenvalue weighted by atomic mass is 32.2. The van der Waals surface area contributed by atoms with Crippen molar-refractivity contribution in [3.05, 3.63) is 0 Å². The van der Waals surface area contributed by atoms with Crippen LogP contribution in [0.25, 0.3) is 0 Å². The largest absolute Gasteiger partial charge is 0.748 e. The van der Waals surface area contributed by atoms with Crippen molar-refractivity contribution in [1.29, 1.82) is 0 Å². The van der Waals surface area contributed by atoms with Crippen LogP contribution in [0.1, 0.15) is 122 Å². The summed E-state index contributed by atoms with van der Waals surface area (Å²) in [5.41, 5.74) is 0. The van der Waals surface area contributed by atoms with Crippen molar-refractivity contribution in [3.8, 4) is 0 Å².